The van der Waals surface area contributed by atoms with Crippen LogP contribution >= 0.6 is 24.0 Å². The zero-order valence-corrected chi connectivity index (χ0v) is 19.8. The highest BCUT2D eigenvalue weighted by molar-refractivity contribution is 14.0. The number of halogens is 1. The Balaban J connectivity index is 0.00000676. The van der Waals surface area contributed by atoms with Gasteiger partial charge in [0.2, 0.25) is 0 Å². The molecule has 0 saturated heterocycles. The van der Waals surface area contributed by atoms with E-state index in [1.54, 1.807) is 7.11 Å². The topological polar surface area (TPSA) is 72.0 Å². The van der Waals surface area contributed by atoms with Crippen molar-refractivity contribution in [3.63, 3.8) is 0 Å². The van der Waals surface area contributed by atoms with Gasteiger partial charge in [-0.25, -0.2) is 0 Å². The van der Waals surface area contributed by atoms with Gasteiger partial charge < -0.3 is 20.1 Å². The van der Waals surface area contributed by atoms with Crippen molar-refractivity contribution >= 4 is 35.9 Å². The van der Waals surface area contributed by atoms with Gasteiger partial charge >= 0.3 is 5.97 Å². The van der Waals surface area contributed by atoms with Crippen molar-refractivity contribution in [2.45, 2.75) is 71.1 Å². The summed E-state index contributed by atoms with van der Waals surface area (Å²) in [4.78, 5) is 15.6. The number of unbranched alkanes of at least 4 members (excludes halogenated alkanes) is 4. The van der Waals surface area contributed by atoms with Gasteiger partial charge in [-0.15, -0.1) is 24.0 Å². The van der Waals surface area contributed by atoms with E-state index in [9.17, 15) is 4.79 Å². The molecule has 6 nitrogen and oxygen atoms in total. The van der Waals surface area contributed by atoms with Crippen LogP contribution in [0.1, 0.15) is 71.1 Å². The van der Waals surface area contributed by atoms with Crippen LogP contribution in [0.5, 0.6) is 0 Å². The highest BCUT2D eigenvalue weighted by Gasteiger charge is 2.36. The Morgan fingerprint density at radius 3 is 2.41 bits per heavy atom. The van der Waals surface area contributed by atoms with Crippen LogP contribution in [0.4, 0.5) is 0 Å². The normalized spacial score (nSPS) is 15.4. The molecule has 0 atom stereocenters. The molecule has 0 heterocycles. The number of esters is 1. The summed E-state index contributed by atoms with van der Waals surface area (Å²) in [6.07, 6.45) is 11.0. The SMILES string of the molecule is CCOC(=O)CCCCCCCNC(=NC)NCC1(CCOC)CCC1.I. The zero-order valence-electron chi connectivity index (χ0n) is 17.5. The quantitative estimate of drug-likeness (QED) is 0.125. The molecule has 1 saturated carbocycles. The summed E-state index contributed by atoms with van der Waals surface area (Å²) in [6, 6.07) is 0. The van der Waals surface area contributed by atoms with E-state index in [1.807, 2.05) is 14.0 Å². The van der Waals surface area contributed by atoms with Gasteiger partial charge in [0.25, 0.3) is 0 Å². The van der Waals surface area contributed by atoms with E-state index < -0.39 is 0 Å². The molecule has 0 radical (unpaired) electrons. The average molecular weight is 497 g/mol. The highest BCUT2D eigenvalue weighted by atomic mass is 127. The molecule has 0 aromatic heterocycles. The number of methoxy groups -OCH3 is 1. The third-order valence-corrected chi connectivity index (χ3v) is 5.26. The van der Waals surface area contributed by atoms with Gasteiger partial charge in [-0.1, -0.05) is 25.7 Å². The number of nitrogens with one attached hydrogen (secondary N) is 2. The summed E-state index contributed by atoms with van der Waals surface area (Å²) in [6.45, 7) is 5.07. The summed E-state index contributed by atoms with van der Waals surface area (Å²) in [5.41, 5.74) is 0.395. The Kier molecular flexibility index (Phi) is 16.0. The first kappa shape index (κ1) is 26.4. The second-order valence-electron chi connectivity index (χ2n) is 7.27. The number of guanidine groups is 1. The van der Waals surface area contributed by atoms with E-state index in [-0.39, 0.29) is 29.9 Å². The van der Waals surface area contributed by atoms with Crippen LogP contribution in [0.3, 0.4) is 0 Å². The van der Waals surface area contributed by atoms with Crippen molar-refractivity contribution in [3.8, 4) is 0 Å². The van der Waals surface area contributed by atoms with E-state index in [0.29, 0.717) is 18.4 Å². The van der Waals surface area contributed by atoms with E-state index in [1.165, 1.54) is 25.7 Å². The lowest BCUT2D eigenvalue weighted by molar-refractivity contribution is -0.143. The minimum absolute atomic E-state index is 0. The Morgan fingerprint density at radius 1 is 1.11 bits per heavy atom. The second kappa shape index (κ2) is 16.4. The average Bonchev–Trinajstić information content (AvgIpc) is 2.61. The summed E-state index contributed by atoms with van der Waals surface area (Å²) < 4.78 is 10.2. The first-order valence-corrected chi connectivity index (χ1v) is 10.2. The van der Waals surface area contributed by atoms with E-state index in [2.05, 4.69) is 15.6 Å². The molecule has 0 aliphatic heterocycles. The summed E-state index contributed by atoms with van der Waals surface area (Å²) in [7, 11) is 3.60. The molecule has 1 rings (SSSR count). The third-order valence-electron chi connectivity index (χ3n) is 5.26. The van der Waals surface area contributed by atoms with Gasteiger partial charge in [0.05, 0.1) is 6.61 Å². The van der Waals surface area contributed by atoms with Gasteiger partial charge in [-0.05, 0) is 44.4 Å². The molecule has 0 bridgehead atoms. The molecule has 7 heteroatoms. The number of carbonyl (C=O) groups is 1. The molecule has 0 spiro atoms. The lowest BCUT2D eigenvalue weighted by Crippen LogP contribution is -2.47. The Hall–Kier alpha value is -0.570. The largest absolute Gasteiger partial charge is 0.466 e. The van der Waals surface area contributed by atoms with Crippen molar-refractivity contribution in [2.24, 2.45) is 10.4 Å². The van der Waals surface area contributed by atoms with Crippen LogP contribution < -0.4 is 10.6 Å². The molecule has 2 N–H and O–H groups in total. The van der Waals surface area contributed by atoms with Crippen molar-refractivity contribution < 1.29 is 14.3 Å². The Bertz CT molecular complexity index is 415. The summed E-state index contributed by atoms with van der Waals surface area (Å²) in [5, 5.41) is 6.89. The lowest BCUT2D eigenvalue weighted by atomic mass is 9.67. The molecule has 0 aromatic rings. The molecule has 0 unspecified atom stereocenters. The van der Waals surface area contributed by atoms with Gasteiger partial charge in [0, 0.05) is 40.3 Å². The molecule has 0 aromatic carbocycles. The third kappa shape index (κ3) is 11.8. The number of aliphatic imine (C=N–C) groups is 1. The molecule has 27 heavy (non-hydrogen) atoms. The molecule has 1 aliphatic carbocycles. The minimum atomic E-state index is -0.0706. The number of hydrogen-bond donors (Lipinski definition) is 2. The molecule has 160 valence electrons. The van der Waals surface area contributed by atoms with Crippen LogP contribution in [-0.4, -0.2) is 52.4 Å². The molecular weight excluding hydrogens is 457 g/mol. The Labute approximate surface area is 182 Å². The fourth-order valence-corrected chi connectivity index (χ4v) is 3.37. The van der Waals surface area contributed by atoms with Crippen LogP contribution in [0.15, 0.2) is 4.99 Å². The van der Waals surface area contributed by atoms with E-state index in [0.717, 1.165) is 57.8 Å². The number of hydrogen-bond acceptors (Lipinski definition) is 4. The Morgan fingerprint density at radius 2 is 1.81 bits per heavy atom. The first-order chi connectivity index (χ1) is 12.7. The number of rotatable bonds is 14. The standard InChI is InChI=1S/C20H39N3O3.HI/c1-4-26-18(24)11-8-6-5-7-9-15-22-19(21-2)23-17-20(12-10-13-20)14-16-25-3;/h4-17H2,1-3H3,(H2,21,22,23);1H. The highest BCUT2D eigenvalue weighted by Crippen LogP contribution is 2.43. The number of nitrogens with zero attached hydrogens (tertiary/aromatic N) is 1. The van der Waals surface area contributed by atoms with Gasteiger partial charge in [0.1, 0.15) is 0 Å². The smallest absolute Gasteiger partial charge is 0.305 e. The van der Waals surface area contributed by atoms with Gasteiger partial charge in [-0.3, -0.25) is 9.79 Å². The van der Waals surface area contributed by atoms with Crippen LogP contribution in [-0.2, 0) is 14.3 Å². The first-order valence-electron chi connectivity index (χ1n) is 10.2. The van der Waals surface area contributed by atoms with Gasteiger partial charge in [-0.2, -0.15) is 0 Å². The zero-order chi connectivity index (χ0) is 19.1. The van der Waals surface area contributed by atoms with Crippen LogP contribution in [0.25, 0.3) is 0 Å². The minimum Gasteiger partial charge on any atom is -0.466 e. The van der Waals surface area contributed by atoms with Crippen molar-refractivity contribution in [3.05, 3.63) is 0 Å². The maximum Gasteiger partial charge on any atom is 0.305 e. The van der Waals surface area contributed by atoms with Crippen LogP contribution in [0.2, 0.25) is 0 Å². The fourth-order valence-electron chi connectivity index (χ4n) is 3.37. The predicted octanol–water partition coefficient (Wildman–Crippen LogP) is 3.88. The summed E-state index contributed by atoms with van der Waals surface area (Å²) >= 11 is 0. The number of carbonyl (C=O) groups excluding carboxylic acids is 1. The van der Waals surface area contributed by atoms with Crippen LogP contribution in [0, 0.1) is 5.41 Å². The second-order valence-corrected chi connectivity index (χ2v) is 7.27. The predicted molar refractivity (Wildman–Crippen MR) is 122 cm³/mol. The lowest BCUT2D eigenvalue weighted by Gasteiger charge is -2.42. The monoisotopic (exact) mass is 497 g/mol. The van der Waals surface area contributed by atoms with Gasteiger partial charge in [0.15, 0.2) is 5.96 Å². The number of ether oxygens (including phenoxy) is 2. The maximum absolute atomic E-state index is 11.2. The van der Waals surface area contributed by atoms with Crippen molar-refractivity contribution in [2.75, 3.05) is 40.5 Å². The maximum atomic E-state index is 11.2. The molecule has 1 fully saturated rings. The summed E-state index contributed by atoms with van der Waals surface area (Å²) in [5.74, 6) is 0.828. The molecular formula is C20H40IN3O3. The van der Waals surface area contributed by atoms with Crippen molar-refractivity contribution in [1.82, 2.24) is 10.6 Å². The molecule has 0 amide bonds. The van der Waals surface area contributed by atoms with E-state index >= 15 is 0 Å². The van der Waals surface area contributed by atoms with Crippen molar-refractivity contribution in [1.29, 1.82) is 0 Å². The fraction of sp³-hybridized carbons (Fsp3) is 0.900. The molecule has 1 aliphatic rings. The van der Waals surface area contributed by atoms with E-state index in [4.69, 9.17) is 9.47 Å².